The van der Waals surface area contributed by atoms with E-state index in [4.69, 9.17) is 0 Å². The summed E-state index contributed by atoms with van der Waals surface area (Å²) >= 11 is 0. The van der Waals surface area contributed by atoms with Gasteiger partial charge in [-0.25, -0.2) is 9.97 Å². The molecule has 150 valence electrons. The summed E-state index contributed by atoms with van der Waals surface area (Å²) in [6.45, 7) is 5.09. The van der Waals surface area contributed by atoms with E-state index in [0.717, 1.165) is 23.6 Å². The lowest BCUT2D eigenvalue weighted by atomic mass is 10.0. The van der Waals surface area contributed by atoms with Crippen LogP contribution in [0.5, 0.6) is 0 Å². The number of hydrogen-bond donors (Lipinski definition) is 1. The molecule has 0 spiro atoms. The van der Waals surface area contributed by atoms with Crippen molar-refractivity contribution in [1.82, 2.24) is 9.97 Å². The van der Waals surface area contributed by atoms with E-state index < -0.39 is 22.4 Å². The van der Waals surface area contributed by atoms with Crippen molar-refractivity contribution in [3.8, 4) is 0 Å². The van der Waals surface area contributed by atoms with Crippen LogP contribution in [-0.2, 0) is 6.18 Å². The summed E-state index contributed by atoms with van der Waals surface area (Å²) in [5, 5.41) is 14.3. The lowest BCUT2D eigenvalue weighted by Crippen LogP contribution is -2.39. The molecule has 1 aliphatic rings. The van der Waals surface area contributed by atoms with Crippen LogP contribution in [-0.4, -0.2) is 34.0 Å². The van der Waals surface area contributed by atoms with E-state index in [1.165, 1.54) is 0 Å². The maximum atomic E-state index is 12.8. The van der Waals surface area contributed by atoms with Gasteiger partial charge in [0.1, 0.15) is 17.3 Å². The first-order valence-corrected chi connectivity index (χ1v) is 8.83. The van der Waals surface area contributed by atoms with Crippen molar-refractivity contribution >= 4 is 17.2 Å². The number of nitrogens with one attached hydrogen (secondary N) is 1. The van der Waals surface area contributed by atoms with Gasteiger partial charge in [0, 0.05) is 37.0 Å². The monoisotopic (exact) mass is 395 g/mol. The number of rotatable bonds is 4. The predicted octanol–water partition coefficient (Wildman–Crippen LogP) is 4.10. The number of nitro groups is 1. The highest BCUT2D eigenvalue weighted by atomic mass is 19.4. The van der Waals surface area contributed by atoms with Crippen molar-refractivity contribution in [2.45, 2.75) is 38.9 Å². The molecule has 10 heteroatoms. The van der Waals surface area contributed by atoms with Crippen LogP contribution in [0.1, 0.15) is 29.9 Å². The Labute approximate surface area is 159 Å². The SMILES string of the molecule is Cc1cc(N2CCC(Nc3ccc(C(F)(F)F)cc3[N+](=O)[O-])CC2)nc(C)n1. The van der Waals surface area contributed by atoms with Crippen LogP contribution in [0.4, 0.5) is 30.4 Å². The van der Waals surface area contributed by atoms with Gasteiger partial charge in [-0.05, 0) is 38.8 Å². The highest BCUT2D eigenvalue weighted by molar-refractivity contribution is 5.63. The Balaban J connectivity index is 1.70. The Morgan fingerprint density at radius 2 is 1.86 bits per heavy atom. The molecule has 2 aromatic rings. The second-order valence-electron chi connectivity index (χ2n) is 6.81. The van der Waals surface area contributed by atoms with Crippen molar-refractivity contribution in [3.63, 3.8) is 0 Å². The number of nitrogens with zero attached hydrogens (tertiary/aromatic N) is 4. The van der Waals surface area contributed by atoms with Crippen LogP contribution >= 0.6 is 0 Å². The normalized spacial score (nSPS) is 15.5. The molecule has 0 radical (unpaired) electrons. The van der Waals surface area contributed by atoms with E-state index in [1.807, 2.05) is 19.9 Å². The van der Waals surface area contributed by atoms with Gasteiger partial charge in [0.25, 0.3) is 5.69 Å². The van der Waals surface area contributed by atoms with Gasteiger partial charge in [-0.15, -0.1) is 0 Å². The molecule has 1 aliphatic heterocycles. The van der Waals surface area contributed by atoms with E-state index >= 15 is 0 Å². The molecule has 1 N–H and O–H groups in total. The minimum absolute atomic E-state index is 0.0734. The average Bonchev–Trinajstić information content (AvgIpc) is 2.60. The molecule has 0 atom stereocenters. The maximum absolute atomic E-state index is 12.8. The van der Waals surface area contributed by atoms with Gasteiger partial charge in [-0.1, -0.05) is 0 Å². The number of aryl methyl sites for hydroxylation is 2. The summed E-state index contributed by atoms with van der Waals surface area (Å²) in [6.07, 6.45) is -3.26. The molecule has 1 fully saturated rings. The van der Waals surface area contributed by atoms with E-state index in [-0.39, 0.29) is 11.7 Å². The first-order valence-electron chi connectivity index (χ1n) is 8.83. The minimum Gasteiger partial charge on any atom is -0.377 e. The molecule has 2 heterocycles. The van der Waals surface area contributed by atoms with Gasteiger partial charge < -0.3 is 10.2 Å². The summed E-state index contributed by atoms with van der Waals surface area (Å²) in [5.41, 5.74) is -0.623. The molecule has 7 nitrogen and oxygen atoms in total. The van der Waals surface area contributed by atoms with Gasteiger partial charge >= 0.3 is 6.18 Å². The van der Waals surface area contributed by atoms with E-state index in [0.29, 0.717) is 37.8 Å². The zero-order valence-electron chi connectivity index (χ0n) is 15.5. The van der Waals surface area contributed by atoms with Gasteiger partial charge in [0.15, 0.2) is 0 Å². The van der Waals surface area contributed by atoms with Gasteiger partial charge in [-0.3, -0.25) is 10.1 Å². The first kappa shape index (κ1) is 19.8. The lowest BCUT2D eigenvalue weighted by Gasteiger charge is -2.33. The summed E-state index contributed by atoms with van der Waals surface area (Å²) in [6, 6.07) is 4.39. The number of anilines is 2. The molecule has 1 aromatic carbocycles. The number of alkyl halides is 3. The average molecular weight is 395 g/mol. The number of piperidine rings is 1. The van der Waals surface area contributed by atoms with Gasteiger partial charge in [0.05, 0.1) is 10.5 Å². The Morgan fingerprint density at radius 3 is 2.43 bits per heavy atom. The topological polar surface area (TPSA) is 84.2 Å². The molecular formula is C18H20F3N5O2. The van der Waals surface area contributed by atoms with Crippen molar-refractivity contribution in [1.29, 1.82) is 0 Å². The second kappa shape index (κ2) is 7.61. The van der Waals surface area contributed by atoms with Crippen LogP contribution in [0.2, 0.25) is 0 Å². The minimum atomic E-state index is -4.62. The van der Waals surface area contributed by atoms with Crippen molar-refractivity contribution in [2.24, 2.45) is 0 Å². The van der Waals surface area contributed by atoms with Crippen molar-refractivity contribution in [3.05, 3.63) is 51.5 Å². The largest absolute Gasteiger partial charge is 0.416 e. The molecule has 3 rings (SSSR count). The summed E-state index contributed by atoms with van der Waals surface area (Å²) in [7, 11) is 0. The molecule has 1 saturated heterocycles. The third kappa shape index (κ3) is 4.49. The zero-order chi connectivity index (χ0) is 20.5. The Hall–Kier alpha value is -2.91. The zero-order valence-corrected chi connectivity index (χ0v) is 15.5. The number of benzene rings is 1. The second-order valence-corrected chi connectivity index (χ2v) is 6.81. The molecule has 0 bridgehead atoms. The van der Waals surface area contributed by atoms with E-state index in [9.17, 15) is 23.3 Å². The number of halogens is 3. The maximum Gasteiger partial charge on any atom is 0.416 e. The fourth-order valence-corrected chi connectivity index (χ4v) is 3.31. The van der Waals surface area contributed by atoms with Crippen molar-refractivity contribution < 1.29 is 18.1 Å². The van der Waals surface area contributed by atoms with Gasteiger partial charge in [-0.2, -0.15) is 13.2 Å². The van der Waals surface area contributed by atoms with Crippen LogP contribution in [0, 0.1) is 24.0 Å². The van der Waals surface area contributed by atoms with E-state index in [2.05, 4.69) is 20.2 Å². The number of nitro benzene ring substituents is 1. The predicted molar refractivity (Wildman–Crippen MR) is 98.5 cm³/mol. The van der Waals surface area contributed by atoms with Crippen molar-refractivity contribution in [2.75, 3.05) is 23.3 Å². The smallest absolute Gasteiger partial charge is 0.377 e. The molecule has 0 amide bonds. The molecule has 1 aromatic heterocycles. The fraction of sp³-hybridized carbons (Fsp3) is 0.444. The highest BCUT2D eigenvalue weighted by Crippen LogP contribution is 2.35. The lowest BCUT2D eigenvalue weighted by molar-refractivity contribution is -0.384. The van der Waals surface area contributed by atoms with Crippen LogP contribution in [0.25, 0.3) is 0 Å². The van der Waals surface area contributed by atoms with Gasteiger partial charge in [0.2, 0.25) is 0 Å². The summed E-state index contributed by atoms with van der Waals surface area (Å²) < 4.78 is 38.5. The third-order valence-electron chi connectivity index (χ3n) is 4.65. The standard InChI is InChI=1S/C18H20F3N5O2/c1-11-9-17(23-12(2)22-11)25-7-5-14(6-8-25)24-15-4-3-13(18(19,20)21)10-16(15)26(27)28/h3-4,9-10,14,24H,5-8H2,1-2H3. The number of hydrogen-bond acceptors (Lipinski definition) is 6. The molecule has 0 unspecified atom stereocenters. The number of aromatic nitrogens is 2. The molecular weight excluding hydrogens is 375 g/mol. The van der Waals surface area contributed by atoms with Crippen LogP contribution in [0.3, 0.4) is 0 Å². The third-order valence-corrected chi connectivity index (χ3v) is 4.65. The quantitative estimate of drug-likeness (QED) is 0.620. The molecule has 28 heavy (non-hydrogen) atoms. The Kier molecular flexibility index (Phi) is 5.39. The first-order chi connectivity index (χ1) is 13.1. The highest BCUT2D eigenvalue weighted by Gasteiger charge is 2.33. The fourth-order valence-electron chi connectivity index (χ4n) is 3.31. The molecule has 0 saturated carbocycles. The van der Waals surface area contributed by atoms with E-state index in [1.54, 1.807) is 0 Å². The van der Waals surface area contributed by atoms with Crippen LogP contribution in [0.15, 0.2) is 24.3 Å². The Morgan fingerprint density at radius 1 is 1.18 bits per heavy atom. The summed E-state index contributed by atoms with van der Waals surface area (Å²) in [5.74, 6) is 1.53. The summed E-state index contributed by atoms with van der Waals surface area (Å²) in [4.78, 5) is 21.2. The Bertz CT molecular complexity index is 860. The van der Waals surface area contributed by atoms with Crippen LogP contribution < -0.4 is 10.2 Å². The molecule has 0 aliphatic carbocycles.